The van der Waals surface area contributed by atoms with Crippen LogP contribution in [-0.4, -0.2) is 23.0 Å². The van der Waals surface area contributed by atoms with E-state index in [0.29, 0.717) is 12.0 Å². The van der Waals surface area contributed by atoms with Crippen molar-refractivity contribution < 1.29 is 14.7 Å². The van der Waals surface area contributed by atoms with E-state index in [9.17, 15) is 9.59 Å². The molecular formula is C14H20N2O3. The fraction of sp³-hybridized carbons (Fsp3) is 0.429. The van der Waals surface area contributed by atoms with Crippen LogP contribution in [-0.2, 0) is 9.59 Å². The molecule has 0 aliphatic heterocycles. The number of carboxylic acid groups (broad SMARTS) is 1. The van der Waals surface area contributed by atoms with Gasteiger partial charge in [0.25, 0.3) is 0 Å². The van der Waals surface area contributed by atoms with Crippen molar-refractivity contribution >= 4 is 11.9 Å². The molecule has 2 atom stereocenters. The van der Waals surface area contributed by atoms with E-state index in [1.807, 2.05) is 19.9 Å². The lowest BCUT2D eigenvalue weighted by atomic mass is 10.0. The average Bonchev–Trinajstić information content (AvgIpc) is 2.37. The van der Waals surface area contributed by atoms with Crippen molar-refractivity contribution in [1.82, 2.24) is 5.32 Å². The van der Waals surface area contributed by atoms with Crippen LogP contribution >= 0.6 is 0 Å². The second-order valence-corrected chi connectivity index (χ2v) is 4.92. The average molecular weight is 264 g/mol. The molecule has 19 heavy (non-hydrogen) atoms. The molecule has 1 rings (SSSR count). The first-order valence-electron chi connectivity index (χ1n) is 6.25. The second kappa shape index (κ2) is 6.89. The topological polar surface area (TPSA) is 92.4 Å². The van der Waals surface area contributed by atoms with Gasteiger partial charge in [-0.1, -0.05) is 44.2 Å². The first kappa shape index (κ1) is 15.2. The number of rotatable bonds is 6. The standard InChI is InChI=1S/C14H20N2O3/c1-9(2)8-11(14(18)19)16-13(17)12(15)10-6-4-3-5-7-10/h3-7,9,11-12H,8,15H2,1-2H3,(H,16,17)(H,18,19)/t11-,12?/m1/s1. The maximum atomic E-state index is 11.9. The third-order valence-electron chi connectivity index (χ3n) is 2.76. The van der Waals surface area contributed by atoms with Gasteiger partial charge in [-0.3, -0.25) is 4.79 Å². The van der Waals surface area contributed by atoms with Crippen molar-refractivity contribution in [2.45, 2.75) is 32.4 Å². The normalized spacial score (nSPS) is 13.9. The molecule has 5 heteroatoms. The van der Waals surface area contributed by atoms with Gasteiger partial charge < -0.3 is 16.2 Å². The highest BCUT2D eigenvalue weighted by molar-refractivity contribution is 5.87. The molecule has 0 radical (unpaired) electrons. The number of nitrogens with one attached hydrogen (secondary N) is 1. The Morgan fingerprint density at radius 1 is 1.26 bits per heavy atom. The minimum absolute atomic E-state index is 0.175. The molecule has 1 aromatic carbocycles. The fourth-order valence-corrected chi connectivity index (χ4v) is 1.77. The van der Waals surface area contributed by atoms with Gasteiger partial charge in [0.2, 0.25) is 5.91 Å². The summed E-state index contributed by atoms with van der Waals surface area (Å²) in [5.74, 6) is -1.34. The minimum atomic E-state index is -1.04. The largest absolute Gasteiger partial charge is 0.480 e. The van der Waals surface area contributed by atoms with E-state index in [2.05, 4.69) is 5.32 Å². The Morgan fingerprint density at radius 3 is 2.32 bits per heavy atom. The maximum absolute atomic E-state index is 11.9. The first-order chi connectivity index (χ1) is 8.91. The number of carbonyl (C=O) groups is 2. The first-order valence-corrected chi connectivity index (χ1v) is 6.25. The summed E-state index contributed by atoms with van der Waals surface area (Å²) in [6.45, 7) is 3.80. The van der Waals surface area contributed by atoms with E-state index >= 15 is 0 Å². The Bertz CT molecular complexity index is 432. The van der Waals surface area contributed by atoms with Crippen LogP contribution < -0.4 is 11.1 Å². The summed E-state index contributed by atoms with van der Waals surface area (Å²) in [6.07, 6.45) is 0.378. The molecule has 0 aliphatic rings. The van der Waals surface area contributed by atoms with E-state index in [4.69, 9.17) is 10.8 Å². The summed E-state index contributed by atoms with van der Waals surface area (Å²) in [5, 5.41) is 11.6. The van der Waals surface area contributed by atoms with Crippen LogP contribution in [0.2, 0.25) is 0 Å². The molecule has 0 fully saturated rings. The molecule has 0 aliphatic carbocycles. The lowest BCUT2D eigenvalue weighted by Gasteiger charge is -2.19. The molecule has 104 valence electrons. The predicted octanol–water partition coefficient (Wildman–Crippen LogP) is 1.30. The van der Waals surface area contributed by atoms with Crippen LogP contribution in [0.25, 0.3) is 0 Å². The van der Waals surface area contributed by atoms with Gasteiger partial charge in [0, 0.05) is 0 Å². The van der Waals surface area contributed by atoms with Gasteiger partial charge >= 0.3 is 5.97 Å². The van der Waals surface area contributed by atoms with Gasteiger partial charge in [-0.25, -0.2) is 4.79 Å². The van der Waals surface area contributed by atoms with Gasteiger partial charge in [0.1, 0.15) is 12.1 Å². The van der Waals surface area contributed by atoms with Crippen LogP contribution in [0.1, 0.15) is 31.9 Å². The highest BCUT2D eigenvalue weighted by atomic mass is 16.4. The molecule has 0 heterocycles. The molecule has 0 saturated carbocycles. The molecule has 5 nitrogen and oxygen atoms in total. The third-order valence-corrected chi connectivity index (χ3v) is 2.76. The monoisotopic (exact) mass is 264 g/mol. The second-order valence-electron chi connectivity index (χ2n) is 4.92. The van der Waals surface area contributed by atoms with Crippen LogP contribution in [0.3, 0.4) is 0 Å². The Hall–Kier alpha value is -1.88. The molecule has 0 bridgehead atoms. The SMILES string of the molecule is CC(C)C[C@@H](NC(=O)C(N)c1ccccc1)C(=O)O. The number of carboxylic acids is 1. The highest BCUT2D eigenvalue weighted by Gasteiger charge is 2.24. The van der Waals surface area contributed by atoms with Crippen LogP contribution in [0, 0.1) is 5.92 Å². The fourth-order valence-electron chi connectivity index (χ4n) is 1.77. The molecule has 4 N–H and O–H groups in total. The Balaban J connectivity index is 2.69. The quantitative estimate of drug-likeness (QED) is 0.722. The van der Waals surface area contributed by atoms with Crippen molar-refractivity contribution in [2.75, 3.05) is 0 Å². The highest BCUT2D eigenvalue weighted by Crippen LogP contribution is 2.11. The summed E-state index contributed by atoms with van der Waals surface area (Å²) in [7, 11) is 0. The van der Waals surface area contributed by atoms with Gasteiger partial charge in [0.15, 0.2) is 0 Å². The number of benzene rings is 1. The number of hydrogen-bond acceptors (Lipinski definition) is 3. The zero-order valence-corrected chi connectivity index (χ0v) is 11.2. The van der Waals surface area contributed by atoms with Crippen LogP contribution in [0.15, 0.2) is 30.3 Å². The van der Waals surface area contributed by atoms with Crippen molar-refractivity contribution in [1.29, 1.82) is 0 Å². The predicted molar refractivity (Wildman–Crippen MR) is 72.4 cm³/mol. The van der Waals surface area contributed by atoms with Gasteiger partial charge in [-0.2, -0.15) is 0 Å². The number of nitrogens with two attached hydrogens (primary N) is 1. The Kier molecular flexibility index (Phi) is 5.51. The molecule has 0 aromatic heterocycles. The number of carbonyl (C=O) groups excluding carboxylic acids is 1. The summed E-state index contributed by atoms with van der Waals surface area (Å²) >= 11 is 0. The number of aliphatic carboxylic acids is 1. The maximum Gasteiger partial charge on any atom is 0.326 e. The summed E-state index contributed by atoms with van der Waals surface area (Å²) in [4.78, 5) is 23.0. The van der Waals surface area contributed by atoms with Gasteiger partial charge in [0.05, 0.1) is 0 Å². The molecule has 1 unspecified atom stereocenters. The van der Waals surface area contributed by atoms with Gasteiger partial charge in [-0.15, -0.1) is 0 Å². The van der Waals surface area contributed by atoms with E-state index in [1.165, 1.54) is 0 Å². The molecule has 0 spiro atoms. The van der Waals surface area contributed by atoms with E-state index < -0.39 is 24.0 Å². The Morgan fingerprint density at radius 2 is 1.84 bits per heavy atom. The number of hydrogen-bond donors (Lipinski definition) is 3. The zero-order chi connectivity index (χ0) is 14.4. The molecular weight excluding hydrogens is 244 g/mol. The van der Waals surface area contributed by atoms with E-state index in [0.717, 1.165) is 0 Å². The Labute approximate surface area is 112 Å². The summed E-state index contributed by atoms with van der Waals surface area (Å²) in [6, 6.07) is 7.12. The van der Waals surface area contributed by atoms with Crippen molar-refractivity contribution in [2.24, 2.45) is 11.7 Å². The zero-order valence-electron chi connectivity index (χ0n) is 11.2. The van der Waals surface area contributed by atoms with Crippen LogP contribution in [0.5, 0.6) is 0 Å². The third kappa shape index (κ3) is 4.71. The number of amides is 1. The van der Waals surface area contributed by atoms with Crippen molar-refractivity contribution in [3.63, 3.8) is 0 Å². The molecule has 1 aromatic rings. The minimum Gasteiger partial charge on any atom is -0.480 e. The van der Waals surface area contributed by atoms with Crippen molar-refractivity contribution in [3.05, 3.63) is 35.9 Å². The summed E-state index contributed by atoms with van der Waals surface area (Å²) in [5.41, 5.74) is 6.47. The lowest BCUT2D eigenvalue weighted by molar-refractivity contribution is -0.142. The van der Waals surface area contributed by atoms with Crippen molar-refractivity contribution in [3.8, 4) is 0 Å². The lowest BCUT2D eigenvalue weighted by Crippen LogP contribution is -2.45. The molecule has 0 saturated heterocycles. The molecule has 1 amide bonds. The summed E-state index contributed by atoms with van der Waals surface area (Å²) < 4.78 is 0. The van der Waals surface area contributed by atoms with Gasteiger partial charge in [-0.05, 0) is 17.9 Å². The van der Waals surface area contributed by atoms with E-state index in [1.54, 1.807) is 24.3 Å². The van der Waals surface area contributed by atoms with E-state index in [-0.39, 0.29) is 5.92 Å². The smallest absolute Gasteiger partial charge is 0.326 e. The van der Waals surface area contributed by atoms with Crippen LogP contribution in [0.4, 0.5) is 0 Å².